The summed E-state index contributed by atoms with van der Waals surface area (Å²) in [6.07, 6.45) is 5.09. The molecule has 0 aromatic carbocycles. The van der Waals surface area contributed by atoms with Crippen LogP contribution in [0.2, 0.25) is 0 Å². The number of aliphatic hydroxyl groups excluding tert-OH is 1. The third kappa shape index (κ3) is 3.95. The third-order valence-electron chi connectivity index (χ3n) is 3.48. The van der Waals surface area contributed by atoms with Gasteiger partial charge in [-0.05, 0) is 38.0 Å². The minimum Gasteiger partial charge on any atom is -0.394 e. The highest BCUT2D eigenvalue weighted by atomic mass is 35.5. The Morgan fingerprint density at radius 2 is 2.12 bits per heavy atom. The van der Waals surface area contributed by atoms with Gasteiger partial charge in [0.05, 0.1) is 12.1 Å². The summed E-state index contributed by atoms with van der Waals surface area (Å²) in [4.78, 5) is 11.6. The zero-order valence-electron chi connectivity index (χ0n) is 9.97. The number of hydrogen-bond acceptors (Lipinski definition) is 2. The van der Waals surface area contributed by atoms with E-state index < -0.39 is 0 Å². The predicted octanol–water partition coefficient (Wildman–Crippen LogP) is 2.06. The summed E-state index contributed by atoms with van der Waals surface area (Å²) >= 11 is 5.55. The average Bonchev–Trinajstić information content (AvgIpc) is 2.30. The molecule has 0 radical (unpaired) electrons. The SMILES string of the molecule is CC1CCC(CO)(NC(=O)CCCCl)CC1. The first-order valence-electron chi connectivity index (χ1n) is 6.10. The van der Waals surface area contributed by atoms with E-state index in [1.165, 1.54) is 0 Å². The molecule has 0 aliphatic heterocycles. The first-order chi connectivity index (χ1) is 7.62. The first kappa shape index (κ1) is 13.8. The van der Waals surface area contributed by atoms with Gasteiger partial charge in [0.2, 0.25) is 5.91 Å². The van der Waals surface area contributed by atoms with E-state index in [0.29, 0.717) is 24.6 Å². The highest BCUT2D eigenvalue weighted by Crippen LogP contribution is 2.31. The van der Waals surface area contributed by atoms with Gasteiger partial charge < -0.3 is 10.4 Å². The van der Waals surface area contributed by atoms with E-state index in [9.17, 15) is 9.90 Å². The normalized spacial score (nSPS) is 30.1. The van der Waals surface area contributed by atoms with Gasteiger partial charge in [0.15, 0.2) is 0 Å². The Balaban J connectivity index is 2.44. The molecule has 3 nitrogen and oxygen atoms in total. The van der Waals surface area contributed by atoms with Gasteiger partial charge >= 0.3 is 0 Å². The van der Waals surface area contributed by atoms with Crippen molar-refractivity contribution < 1.29 is 9.90 Å². The molecule has 1 amide bonds. The molecule has 2 N–H and O–H groups in total. The monoisotopic (exact) mass is 247 g/mol. The number of carbonyl (C=O) groups is 1. The summed E-state index contributed by atoms with van der Waals surface area (Å²) in [5.74, 6) is 1.24. The highest BCUT2D eigenvalue weighted by molar-refractivity contribution is 6.17. The Labute approximate surface area is 103 Å². The average molecular weight is 248 g/mol. The molecule has 0 spiro atoms. The Morgan fingerprint density at radius 1 is 1.50 bits per heavy atom. The molecule has 94 valence electrons. The molecular weight excluding hydrogens is 226 g/mol. The van der Waals surface area contributed by atoms with Crippen LogP contribution in [0.1, 0.15) is 45.4 Å². The van der Waals surface area contributed by atoms with Crippen molar-refractivity contribution in [2.45, 2.75) is 51.0 Å². The number of rotatable bonds is 5. The van der Waals surface area contributed by atoms with Crippen LogP contribution in [-0.4, -0.2) is 29.0 Å². The van der Waals surface area contributed by atoms with E-state index in [0.717, 1.165) is 25.7 Å². The summed E-state index contributed by atoms with van der Waals surface area (Å²) in [5, 5.41) is 12.5. The van der Waals surface area contributed by atoms with Gasteiger partial charge in [0.25, 0.3) is 0 Å². The number of aliphatic hydroxyl groups is 1. The van der Waals surface area contributed by atoms with Crippen LogP contribution >= 0.6 is 11.6 Å². The second kappa shape index (κ2) is 6.45. The molecule has 1 aliphatic rings. The van der Waals surface area contributed by atoms with Crippen molar-refractivity contribution >= 4 is 17.5 Å². The lowest BCUT2D eigenvalue weighted by atomic mass is 9.77. The van der Waals surface area contributed by atoms with Crippen LogP contribution in [-0.2, 0) is 4.79 Å². The smallest absolute Gasteiger partial charge is 0.220 e. The van der Waals surface area contributed by atoms with E-state index in [4.69, 9.17) is 11.6 Å². The maximum atomic E-state index is 11.6. The van der Waals surface area contributed by atoms with Crippen LogP contribution in [0.25, 0.3) is 0 Å². The molecule has 4 heteroatoms. The van der Waals surface area contributed by atoms with E-state index in [2.05, 4.69) is 12.2 Å². The maximum Gasteiger partial charge on any atom is 0.220 e. The molecule has 1 rings (SSSR count). The number of carbonyl (C=O) groups excluding carboxylic acids is 1. The van der Waals surface area contributed by atoms with E-state index in [1.807, 2.05) is 0 Å². The summed E-state index contributed by atoms with van der Waals surface area (Å²) in [7, 11) is 0. The lowest BCUT2D eigenvalue weighted by Crippen LogP contribution is -2.53. The summed E-state index contributed by atoms with van der Waals surface area (Å²) in [6.45, 7) is 2.27. The second-order valence-corrected chi connectivity index (χ2v) is 5.34. The number of amides is 1. The maximum absolute atomic E-state index is 11.6. The van der Waals surface area contributed by atoms with Gasteiger partial charge in [0, 0.05) is 12.3 Å². The van der Waals surface area contributed by atoms with E-state index in [-0.39, 0.29) is 18.1 Å². The quantitative estimate of drug-likeness (QED) is 0.731. The number of nitrogens with one attached hydrogen (secondary N) is 1. The Bertz CT molecular complexity index is 225. The Hall–Kier alpha value is -0.280. The molecule has 0 saturated heterocycles. The molecule has 0 aromatic rings. The first-order valence-corrected chi connectivity index (χ1v) is 6.63. The zero-order chi connectivity index (χ0) is 12.0. The van der Waals surface area contributed by atoms with Crippen molar-refractivity contribution in [1.29, 1.82) is 0 Å². The highest BCUT2D eigenvalue weighted by Gasteiger charge is 2.34. The van der Waals surface area contributed by atoms with Crippen molar-refractivity contribution in [1.82, 2.24) is 5.32 Å². The minimum atomic E-state index is -0.365. The van der Waals surface area contributed by atoms with Gasteiger partial charge in [-0.25, -0.2) is 0 Å². The van der Waals surface area contributed by atoms with Crippen molar-refractivity contribution in [2.24, 2.45) is 5.92 Å². The Kier molecular flexibility index (Phi) is 5.56. The molecule has 1 fully saturated rings. The summed E-state index contributed by atoms with van der Waals surface area (Å²) in [5.41, 5.74) is -0.365. The predicted molar refractivity (Wildman–Crippen MR) is 65.5 cm³/mol. The van der Waals surface area contributed by atoms with Crippen molar-refractivity contribution in [2.75, 3.05) is 12.5 Å². The zero-order valence-corrected chi connectivity index (χ0v) is 10.7. The van der Waals surface area contributed by atoms with Crippen molar-refractivity contribution in [3.05, 3.63) is 0 Å². The fraction of sp³-hybridized carbons (Fsp3) is 0.917. The Morgan fingerprint density at radius 3 is 2.62 bits per heavy atom. The van der Waals surface area contributed by atoms with Gasteiger partial charge in [-0.1, -0.05) is 6.92 Å². The molecular formula is C12H22ClNO2. The van der Waals surface area contributed by atoms with E-state index >= 15 is 0 Å². The fourth-order valence-corrected chi connectivity index (χ4v) is 2.36. The lowest BCUT2D eigenvalue weighted by Gasteiger charge is -2.38. The lowest BCUT2D eigenvalue weighted by molar-refractivity contribution is -0.124. The van der Waals surface area contributed by atoms with Crippen LogP contribution in [0.3, 0.4) is 0 Å². The summed E-state index contributed by atoms with van der Waals surface area (Å²) < 4.78 is 0. The van der Waals surface area contributed by atoms with Gasteiger partial charge in [-0.3, -0.25) is 4.79 Å². The van der Waals surface area contributed by atoms with Crippen molar-refractivity contribution in [3.8, 4) is 0 Å². The van der Waals surface area contributed by atoms with Crippen molar-refractivity contribution in [3.63, 3.8) is 0 Å². The standard InChI is InChI=1S/C12H22ClNO2/c1-10-4-6-12(9-15,7-5-10)14-11(16)3-2-8-13/h10,15H,2-9H2,1H3,(H,14,16). The molecule has 1 aliphatic carbocycles. The molecule has 16 heavy (non-hydrogen) atoms. The topological polar surface area (TPSA) is 49.3 Å². The largest absolute Gasteiger partial charge is 0.394 e. The van der Waals surface area contributed by atoms with Gasteiger partial charge in [-0.15, -0.1) is 11.6 Å². The molecule has 0 atom stereocenters. The molecule has 0 aromatic heterocycles. The fourth-order valence-electron chi connectivity index (χ4n) is 2.22. The van der Waals surface area contributed by atoms with Gasteiger partial charge in [0.1, 0.15) is 0 Å². The molecule has 0 bridgehead atoms. The number of alkyl halides is 1. The van der Waals surface area contributed by atoms with Crippen LogP contribution in [0.5, 0.6) is 0 Å². The summed E-state index contributed by atoms with van der Waals surface area (Å²) in [6, 6.07) is 0. The minimum absolute atomic E-state index is 0.0178. The van der Waals surface area contributed by atoms with Gasteiger partial charge in [-0.2, -0.15) is 0 Å². The molecule has 0 heterocycles. The molecule has 0 unspecified atom stereocenters. The third-order valence-corrected chi connectivity index (χ3v) is 3.74. The van der Waals surface area contributed by atoms with Crippen LogP contribution < -0.4 is 5.32 Å². The second-order valence-electron chi connectivity index (χ2n) is 4.96. The number of halogens is 1. The van der Waals surface area contributed by atoms with Crippen LogP contribution in [0, 0.1) is 5.92 Å². The van der Waals surface area contributed by atoms with Crippen LogP contribution in [0.4, 0.5) is 0 Å². The number of hydrogen-bond donors (Lipinski definition) is 2. The molecule has 1 saturated carbocycles. The van der Waals surface area contributed by atoms with Crippen LogP contribution in [0.15, 0.2) is 0 Å². The van der Waals surface area contributed by atoms with E-state index in [1.54, 1.807) is 0 Å².